The van der Waals surface area contributed by atoms with E-state index in [4.69, 9.17) is 19.7 Å². The molecule has 11 nitrogen and oxygen atoms in total. The molecule has 10 atom stereocenters. The Morgan fingerprint density at radius 3 is 1.74 bits per heavy atom. The summed E-state index contributed by atoms with van der Waals surface area (Å²) in [7, 11) is 0. The molecular formula is C12H22O11. The molecule has 0 aromatic carbocycles. The van der Waals surface area contributed by atoms with E-state index in [-0.39, 0.29) is 0 Å². The van der Waals surface area contributed by atoms with Crippen LogP contribution in [0.15, 0.2) is 0 Å². The van der Waals surface area contributed by atoms with Crippen LogP contribution in [-0.2, 0) is 9.47 Å². The second kappa shape index (κ2) is 6.82. The largest absolute Gasteiger partial charge is 0.394 e. The lowest BCUT2D eigenvalue weighted by atomic mass is 9.83. The highest BCUT2D eigenvalue weighted by atomic mass is 16.7. The van der Waals surface area contributed by atoms with Crippen LogP contribution in [-0.4, -0.2) is 120 Å². The quantitative estimate of drug-likeness (QED) is 0.236. The Bertz CT molecular complexity index is 404. The first-order chi connectivity index (χ1) is 10.7. The lowest BCUT2D eigenvalue weighted by Crippen LogP contribution is -2.75. The van der Waals surface area contributed by atoms with Gasteiger partial charge in [-0.1, -0.05) is 0 Å². The predicted molar refractivity (Wildman–Crippen MR) is 68.7 cm³/mol. The van der Waals surface area contributed by atoms with E-state index in [0.29, 0.717) is 0 Å². The van der Waals surface area contributed by atoms with E-state index in [1.54, 1.807) is 0 Å². The zero-order chi connectivity index (χ0) is 17.5. The molecule has 0 aliphatic carbocycles. The summed E-state index contributed by atoms with van der Waals surface area (Å²) in [4.78, 5) is 0. The Morgan fingerprint density at radius 1 is 0.696 bits per heavy atom. The zero-order valence-corrected chi connectivity index (χ0v) is 12.0. The topological polar surface area (TPSA) is 201 Å². The molecule has 0 radical (unpaired) electrons. The molecule has 2 fully saturated rings. The summed E-state index contributed by atoms with van der Waals surface area (Å²) in [6.07, 6.45) is -16.1. The van der Waals surface area contributed by atoms with E-state index in [9.17, 15) is 35.7 Å². The minimum atomic E-state index is -2.82. The number of rotatable bonds is 3. The maximum atomic E-state index is 10.5. The molecule has 2 heterocycles. The molecule has 136 valence electrons. The molecule has 0 aromatic heterocycles. The summed E-state index contributed by atoms with van der Waals surface area (Å²) >= 11 is 0. The third-order valence-corrected chi connectivity index (χ3v) is 4.30. The Labute approximate surface area is 130 Å². The van der Waals surface area contributed by atoms with Crippen LogP contribution in [0, 0.1) is 0 Å². The summed E-state index contributed by atoms with van der Waals surface area (Å²) in [6, 6.07) is 0. The van der Waals surface area contributed by atoms with Crippen molar-refractivity contribution in [2.24, 2.45) is 0 Å². The minimum absolute atomic E-state index is 0.776. The third-order valence-electron chi connectivity index (χ3n) is 4.30. The molecule has 0 amide bonds. The van der Waals surface area contributed by atoms with Crippen molar-refractivity contribution in [3.8, 4) is 0 Å². The predicted octanol–water partition coefficient (Wildman–Crippen LogP) is -6.01. The van der Waals surface area contributed by atoms with Gasteiger partial charge in [-0.15, -0.1) is 0 Å². The number of ether oxygens (including phenoxy) is 2. The molecule has 0 saturated carbocycles. The monoisotopic (exact) mass is 342 g/mol. The van der Waals surface area contributed by atoms with Gasteiger partial charge in [0.2, 0.25) is 5.79 Å². The molecule has 2 aliphatic heterocycles. The minimum Gasteiger partial charge on any atom is -0.394 e. The van der Waals surface area contributed by atoms with Gasteiger partial charge in [0.15, 0.2) is 0 Å². The maximum absolute atomic E-state index is 10.5. The van der Waals surface area contributed by atoms with Crippen LogP contribution in [0.4, 0.5) is 0 Å². The van der Waals surface area contributed by atoms with Gasteiger partial charge in [0.1, 0.15) is 54.9 Å². The van der Waals surface area contributed by atoms with Crippen LogP contribution in [0.2, 0.25) is 0 Å². The second-order valence-electron chi connectivity index (χ2n) is 5.77. The molecule has 2 saturated heterocycles. The van der Waals surface area contributed by atoms with E-state index in [1.807, 2.05) is 0 Å². The van der Waals surface area contributed by atoms with E-state index in [2.05, 4.69) is 0 Å². The molecule has 23 heavy (non-hydrogen) atoms. The average molecular weight is 342 g/mol. The lowest BCUT2D eigenvalue weighted by molar-refractivity contribution is -0.406. The Morgan fingerprint density at radius 2 is 1.22 bits per heavy atom. The van der Waals surface area contributed by atoms with Crippen molar-refractivity contribution in [3.05, 3.63) is 0 Å². The number of aliphatic hydroxyl groups excluding tert-OH is 8. The van der Waals surface area contributed by atoms with Crippen LogP contribution >= 0.6 is 0 Å². The van der Waals surface area contributed by atoms with Crippen molar-refractivity contribution in [2.45, 2.75) is 60.7 Å². The Kier molecular flexibility index (Phi) is 5.60. The summed E-state index contributed by atoms with van der Waals surface area (Å²) in [5, 5.41) is 87.7. The van der Waals surface area contributed by atoms with Gasteiger partial charge in [-0.25, -0.2) is 0 Å². The van der Waals surface area contributed by atoms with E-state index in [0.717, 1.165) is 0 Å². The fourth-order valence-corrected chi connectivity index (χ4v) is 2.86. The van der Waals surface area contributed by atoms with Crippen molar-refractivity contribution < 1.29 is 55.4 Å². The van der Waals surface area contributed by atoms with Gasteiger partial charge >= 0.3 is 0 Å². The van der Waals surface area contributed by atoms with Crippen molar-refractivity contribution in [1.82, 2.24) is 0 Å². The van der Waals surface area contributed by atoms with Gasteiger partial charge in [-0.3, -0.25) is 0 Å². The summed E-state index contributed by atoms with van der Waals surface area (Å²) in [5.41, 5.74) is 0. The lowest BCUT2D eigenvalue weighted by Gasteiger charge is -2.52. The van der Waals surface area contributed by atoms with Crippen LogP contribution in [0.25, 0.3) is 0 Å². The highest BCUT2D eigenvalue weighted by Gasteiger charge is 2.62. The summed E-state index contributed by atoms with van der Waals surface area (Å²) in [5.74, 6) is -2.82. The van der Waals surface area contributed by atoms with Crippen molar-refractivity contribution in [3.63, 3.8) is 0 Å². The average Bonchev–Trinajstić information content (AvgIpc) is 2.54. The zero-order valence-electron chi connectivity index (χ0n) is 12.0. The standard InChI is InChI=1S/C12H22O11/c13-1-3-5(15)7(17)9(19)11(22-3)12(21)10(20)8(18)6(16)4(2-14)23-12/h3-11,13-21H,1-2H2/t3-,4-,5+,6+,7+,8+,9-,10-,11+,12?/m1/s1. The summed E-state index contributed by atoms with van der Waals surface area (Å²) in [6.45, 7) is -1.60. The molecule has 0 spiro atoms. The fourth-order valence-electron chi connectivity index (χ4n) is 2.86. The highest BCUT2D eigenvalue weighted by molar-refractivity contribution is 5.05. The van der Waals surface area contributed by atoms with Gasteiger partial charge in [0.25, 0.3) is 0 Å². The van der Waals surface area contributed by atoms with Gasteiger partial charge in [-0.05, 0) is 0 Å². The summed E-state index contributed by atoms with van der Waals surface area (Å²) < 4.78 is 10.1. The molecule has 2 rings (SSSR count). The SMILES string of the molecule is OC[C@H]1O[C@H](C2(O)O[C@H](CO)[C@H](O)[C@H](O)[C@H]2O)[C@H](O)[C@@H](O)[C@H]1O. The fraction of sp³-hybridized carbons (Fsp3) is 1.00. The van der Waals surface area contributed by atoms with Gasteiger partial charge < -0.3 is 55.4 Å². The van der Waals surface area contributed by atoms with Crippen molar-refractivity contribution >= 4 is 0 Å². The molecule has 2 aliphatic rings. The van der Waals surface area contributed by atoms with E-state index >= 15 is 0 Å². The third kappa shape index (κ3) is 2.99. The van der Waals surface area contributed by atoms with Crippen LogP contribution < -0.4 is 0 Å². The van der Waals surface area contributed by atoms with E-state index in [1.165, 1.54) is 0 Å². The van der Waals surface area contributed by atoms with Crippen molar-refractivity contribution in [2.75, 3.05) is 13.2 Å². The van der Waals surface area contributed by atoms with Gasteiger partial charge in [0.05, 0.1) is 13.2 Å². The number of hydrogen-bond donors (Lipinski definition) is 9. The molecule has 1 unspecified atom stereocenters. The highest BCUT2D eigenvalue weighted by Crippen LogP contribution is 2.37. The molecule has 0 aromatic rings. The number of hydrogen-bond acceptors (Lipinski definition) is 11. The first kappa shape index (κ1) is 18.9. The van der Waals surface area contributed by atoms with Gasteiger partial charge in [-0.2, -0.15) is 0 Å². The second-order valence-corrected chi connectivity index (χ2v) is 5.77. The maximum Gasteiger partial charge on any atom is 0.225 e. The van der Waals surface area contributed by atoms with Crippen LogP contribution in [0.5, 0.6) is 0 Å². The van der Waals surface area contributed by atoms with Gasteiger partial charge in [0, 0.05) is 0 Å². The number of aliphatic hydroxyl groups is 9. The molecule has 9 N–H and O–H groups in total. The Balaban J connectivity index is 2.33. The molecular weight excluding hydrogens is 320 g/mol. The first-order valence-electron chi connectivity index (χ1n) is 7.04. The van der Waals surface area contributed by atoms with Crippen LogP contribution in [0.3, 0.4) is 0 Å². The van der Waals surface area contributed by atoms with Crippen molar-refractivity contribution in [1.29, 1.82) is 0 Å². The Hall–Kier alpha value is -0.440. The smallest absolute Gasteiger partial charge is 0.225 e. The molecule has 11 heteroatoms. The normalized spacial score (nSPS) is 54.9. The van der Waals surface area contributed by atoms with E-state index < -0.39 is 73.9 Å². The molecule has 0 bridgehead atoms. The van der Waals surface area contributed by atoms with Crippen LogP contribution in [0.1, 0.15) is 0 Å². The first-order valence-corrected chi connectivity index (χ1v) is 7.04.